The molecule has 4 aromatic rings. The average molecular weight is 536 g/mol. The molecule has 0 amide bonds. The van der Waals surface area contributed by atoms with Crippen molar-refractivity contribution in [1.29, 1.82) is 0 Å². The number of rotatable bonds is 6. The van der Waals surface area contributed by atoms with E-state index in [0.29, 0.717) is 35.3 Å². The topological polar surface area (TPSA) is 129 Å². The summed E-state index contributed by atoms with van der Waals surface area (Å²) in [7, 11) is 3.16. The van der Waals surface area contributed by atoms with Crippen molar-refractivity contribution in [3.05, 3.63) is 88.0 Å². The third-order valence-corrected chi connectivity index (χ3v) is 6.68. The second-order valence-electron chi connectivity index (χ2n) is 8.62. The Hall–Kier alpha value is -4.45. The fraction of sp³-hybridized carbons (Fsp3) is 0.240. The van der Waals surface area contributed by atoms with Crippen molar-refractivity contribution in [1.82, 2.24) is 39.7 Å². The molecule has 0 bridgehead atoms. The van der Waals surface area contributed by atoms with Crippen molar-refractivity contribution < 1.29 is 9.13 Å². The first-order valence-electron chi connectivity index (χ1n) is 11.6. The van der Waals surface area contributed by atoms with Crippen LogP contribution in [0.3, 0.4) is 0 Å². The van der Waals surface area contributed by atoms with E-state index < -0.39 is 11.9 Å². The highest BCUT2D eigenvalue weighted by Crippen LogP contribution is 2.39. The normalized spacial score (nSPS) is 17.5. The number of nitrogens with one attached hydrogen (secondary N) is 1. The number of ether oxygens (including phenoxy) is 1. The van der Waals surface area contributed by atoms with Crippen LogP contribution in [0, 0.1) is 5.82 Å². The smallest absolute Gasteiger partial charge is 0.254 e. The van der Waals surface area contributed by atoms with E-state index in [1.807, 2.05) is 6.92 Å². The van der Waals surface area contributed by atoms with Gasteiger partial charge in [0.05, 0.1) is 47.0 Å². The lowest BCUT2D eigenvalue weighted by Crippen LogP contribution is -2.25. The summed E-state index contributed by atoms with van der Waals surface area (Å²) in [6, 6.07) is 3.87. The minimum atomic E-state index is -0.718. The summed E-state index contributed by atoms with van der Waals surface area (Å²) < 4.78 is 23.4. The number of aliphatic imine (C=N–C) groups is 1. The molecule has 0 saturated heterocycles. The van der Waals surface area contributed by atoms with Gasteiger partial charge in [-0.3, -0.25) is 14.4 Å². The Labute approximate surface area is 221 Å². The van der Waals surface area contributed by atoms with E-state index in [1.54, 1.807) is 36.0 Å². The Morgan fingerprint density at radius 2 is 2.21 bits per heavy atom. The van der Waals surface area contributed by atoms with Crippen LogP contribution in [0.5, 0.6) is 0 Å². The van der Waals surface area contributed by atoms with Crippen molar-refractivity contribution >= 4 is 23.1 Å². The second-order valence-corrected chi connectivity index (χ2v) is 9.03. The number of hydrogen-bond acceptors (Lipinski definition) is 8. The van der Waals surface area contributed by atoms with Gasteiger partial charge in [0, 0.05) is 30.7 Å². The monoisotopic (exact) mass is 535 g/mol. The summed E-state index contributed by atoms with van der Waals surface area (Å²) in [5.41, 5.74) is 1.56. The molecule has 194 valence electrons. The van der Waals surface area contributed by atoms with Gasteiger partial charge < -0.3 is 9.72 Å². The number of benzene rings is 1. The van der Waals surface area contributed by atoms with E-state index >= 15 is 4.39 Å². The van der Waals surface area contributed by atoms with Gasteiger partial charge in [0.1, 0.15) is 18.0 Å². The van der Waals surface area contributed by atoms with E-state index in [4.69, 9.17) is 21.3 Å². The number of H-pyrrole nitrogens is 1. The molecule has 1 aliphatic heterocycles. The third-order valence-electron chi connectivity index (χ3n) is 6.38. The summed E-state index contributed by atoms with van der Waals surface area (Å²) in [5, 5.41) is 11.0. The summed E-state index contributed by atoms with van der Waals surface area (Å²) >= 11 is 6.09. The first-order chi connectivity index (χ1) is 18.4. The van der Waals surface area contributed by atoms with Crippen LogP contribution in [-0.4, -0.2) is 59.8 Å². The van der Waals surface area contributed by atoms with Gasteiger partial charge in [-0.25, -0.2) is 14.4 Å². The van der Waals surface area contributed by atoms with Gasteiger partial charge in [-0.1, -0.05) is 31.2 Å². The predicted octanol–water partition coefficient (Wildman–Crippen LogP) is 3.74. The standard InChI is InChI=1S/C25H23ClFN9O2/c1-5-14(9-20(28-3)38-4)17-11-29-24(31-17)19-8-13(2)25-32-16(10-21(37)36(19)25)22-18(35-12-30-33-34-35)7-6-15(26)23(22)27/h5-7,9-13,19H,1,8H2,2-4H3,(H,29,31)/b14-9+,28-20?/t13-,19-/m0/s1. The zero-order valence-corrected chi connectivity index (χ0v) is 21.5. The van der Waals surface area contributed by atoms with Crippen molar-refractivity contribution in [2.24, 2.45) is 4.99 Å². The van der Waals surface area contributed by atoms with Crippen molar-refractivity contribution in [2.75, 3.05) is 14.2 Å². The van der Waals surface area contributed by atoms with E-state index in [1.165, 1.54) is 30.3 Å². The van der Waals surface area contributed by atoms with Crippen LogP contribution < -0.4 is 5.56 Å². The number of aromatic amines is 1. The highest BCUT2D eigenvalue weighted by molar-refractivity contribution is 6.31. The molecule has 11 nitrogen and oxygen atoms in total. The zero-order valence-electron chi connectivity index (χ0n) is 20.8. The Bertz CT molecular complexity index is 1640. The van der Waals surface area contributed by atoms with Gasteiger partial charge in [-0.15, -0.1) is 5.10 Å². The van der Waals surface area contributed by atoms with Crippen LogP contribution in [0.25, 0.3) is 22.5 Å². The zero-order chi connectivity index (χ0) is 27.0. The highest BCUT2D eigenvalue weighted by atomic mass is 35.5. The summed E-state index contributed by atoms with van der Waals surface area (Å²) in [6.45, 7) is 5.82. The number of methoxy groups -OCH3 is 1. The molecule has 4 heterocycles. The molecule has 1 aliphatic rings. The quantitative estimate of drug-likeness (QED) is 0.226. The minimum Gasteiger partial charge on any atom is -0.481 e. The molecule has 1 N–H and O–H groups in total. The maximum atomic E-state index is 15.3. The number of nitrogens with zero attached hydrogens (tertiary/aromatic N) is 8. The lowest BCUT2D eigenvalue weighted by atomic mass is 10.1. The van der Waals surface area contributed by atoms with Crippen LogP contribution in [0.4, 0.5) is 4.39 Å². The summed E-state index contributed by atoms with van der Waals surface area (Å²) in [5.74, 6) is 0.700. The van der Waals surface area contributed by atoms with Gasteiger partial charge in [-0.05, 0) is 29.0 Å². The van der Waals surface area contributed by atoms with Gasteiger partial charge >= 0.3 is 0 Å². The summed E-state index contributed by atoms with van der Waals surface area (Å²) in [4.78, 5) is 30.1. The summed E-state index contributed by atoms with van der Waals surface area (Å²) in [6.07, 6.45) is 6.96. The number of fused-ring (bicyclic) bond motifs is 1. The van der Waals surface area contributed by atoms with Gasteiger partial charge in [0.15, 0.2) is 5.82 Å². The molecule has 38 heavy (non-hydrogen) atoms. The van der Waals surface area contributed by atoms with Crippen molar-refractivity contribution in [3.63, 3.8) is 0 Å². The van der Waals surface area contributed by atoms with Crippen LogP contribution >= 0.6 is 11.6 Å². The maximum absolute atomic E-state index is 15.3. The van der Waals surface area contributed by atoms with E-state index in [9.17, 15) is 4.79 Å². The van der Waals surface area contributed by atoms with Crippen molar-refractivity contribution in [3.8, 4) is 16.9 Å². The fourth-order valence-corrected chi connectivity index (χ4v) is 4.73. The fourth-order valence-electron chi connectivity index (χ4n) is 4.57. The van der Waals surface area contributed by atoms with Crippen LogP contribution in [0.1, 0.15) is 42.6 Å². The molecule has 0 aliphatic carbocycles. The largest absolute Gasteiger partial charge is 0.481 e. The molecule has 0 fully saturated rings. The highest BCUT2D eigenvalue weighted by Gasteiger charge is 2.34. The van der Waals surface area contributed by atoms with Crippen LogP contribution in [-0.2, 0) is 4.74 Å². The number of aromatic nitrogens is 8. The lowest BCUT2D eigenvalue weighted by Gasteiger charge is -2.15. The van der Waals surface area contributed by atoms with Gasteiger partial charge in [0.2, 0.25) is 5.90 Å². The Morgan fingerprint density at radius 1 is 1.39 bits per heavy atom. The number of imidazole rings is 1. The number of hydrogen-bond donors (Lipinski definition) is 1. The Morgan fingerprint density at radius 3 is 2.89 bits per heavy atom. The number of tetrazole rings is 1. The van der Waals surface area contributed by atoms with E-state index in [2.05, 4.69) is 37.1 Å². The van der Waals surface area contributed by atoms with E-state index in [0.717, 1.165) is 5.57 Å². The molecule has 0 unspecified atom stereocenters. The Kier molecular flexibility index (Phi) is 6.72. The van der Waals surface area contributed by atoms with Crippen LogP contribution in [0.15, 0.2) is 59.2 Å². The lowest BCUT2D eigenvalue weighted by molar-refractivity contribution is 0.406. The van der Waals surface area contributed by atoms with Gasteiger partial charge in [0.25, 0.3) is 5.56 Å². The van der Waals surface area contributed by atoms with E-state index in [-0.39, 0.29) is 27.8 Å². The number of allylic oxidation sites excluding steroid dienone is 2. The minimum absolute atomic E-state index is 0.0357. The predicted molar refractivity (Wildman–Crippen MR) is 140 cm³/mol. The molecular formula is C25H23ClFN9O2. The van der Waals surface area contributed by atoms with Crippen LogP contribution in [0.2, 0.25) is 5.02 Å². The molecule has 1 aromatic carbocycles. The Balaban J connectivity index is 1.58. The molecule has 13 heteroatoms. The maximum Gasteiger partial charge on any atom is 0.254 e. The molecule has 0 spiro atoms. The first-order valence-corrected chi connectivity index (χ1v) is 12.0. The number of halogens is 2. The van der Waals surface area contributed by atoms with Crippen molar-refractivity contribution in [2.45, 2.75) is 25.3 Å². The molecule has 0 radical (unpaired) electrons. The molecule has 5 rings (SSSR count). The molecule has 3 aromatic heterocycles. The van der Waals surface area contributed by atoms with Gasteiger partial charge in [-0.2, -0.15) is 4.68 Å². The second kappa shape index (κ2) is 10.1. The molecular weight excluding hydrogens is 513 g/mol. The first kappa shape index (κ1) is 25.2. The molecule has 2 atom stereocenters. The average Bonchev–Trinajstić information content (AvgIpc) is 3.67. The third kappa shape index (κ3) is 4.32. The SMILES string of the molecule is C=C/C(=C\C(=NC)OC)c1cnc([C@@H]2C[C@H](C)c3nc(-c4c(-n5cnnn5)ccc(Cl)c4F)cc(=O)n32)[nH]1. The molecule has 0 saturated carbocycles.